The molecule has 0 aliphatic heterocycles. The zero-order valence-corrected chi connectivity index (χ0v) is 12.5. The lowest BCUT2D eigenvalue weighted by Gasteiger charge is -2.12. The van der Waals surface area contributed by atoms with Gasteiger partial charge >= 0.3 is 6.18 Å². The molecule has 1 N–H and O–H groups in total. The highest BCUT2D eigenvalue weighted by Gasteiger charge is 2.27. The summed E-state index contributed by atoms with van der Waals surface area (Å²) >= 11 is 3.39. The number of hydrogen-bond donors (Lipinski definition) is 1. The minimum absolute atomic E-state index is 0.190. The molecule has 3 nitrogen and oxygen atoms in total. The van der Waals surface area contributed by atoms with Crippen molar-refractivity contribution in [1.29, 1.82) is 0 Å². The number of anilines is 1. The lowest BCUT2D eigenvalue weighted by molar-refractivity contribution is -0.134. The summed E-state index contributed by atoms with van der Waals surface area (Å²) < 4.78 is 37.4. The van der Waals surface area contributed by atoms with E-state index in [4.69, 9.17) is 0 Å². The molecule has 1 aromatic heterocycles. The van der Waals surface area contributed by atoms with Crippen molar-refractivity contribution >= 4 is 21.7 Å². The van der Waals surface area contributed by atoms with E-state index in [1.807, 2.05) is 13.8 Å². The van der Waals surface area contributed by atoms with E-state index < -0.39 is 12.6 Å². The highest BCUT2D eigenvalue weighted by atomic mass is 79.9. The van der Waals surface area contributed by atoms with E-state index in [-0.39, 0.29) is 12.2 Å². The average Bonchev–Trinajstić information content (AvgIpc) is 2.35. The van der Waals surface area contributed by atoms with E-state index in [2.05, 4.69) is 31.2 Å². The van der Waals surface area contributed by atoms with Gasteiger partial charge in [-0.2, -0.15) is 13.2 Å². The summed E-state index contributed by atoms with van der Waals surface area (Å²) in [5.41, 5.74) is 0.728. The van der Waals surface area contributed by atoms with Gasteiger partial charge in [0.25, 0.3) is 0 Å². The largest absolute Gasteiger partial charge is 0.389 e. The molecule has 0 unspecified atom stereocenters. The standard InChI is InChI=1S/C12H17BrF3N3/c1-3-7-17-11-10(13)8(4-2)18-9(19-11)5-6-12(14,15)16/h3-7H2,1-2H3,(H,17,18,19). The Hall–Kier alpha value is -0.850. The van der Waals surface area contributed by atoms with Crippen molar-refractivity contribution < 1.29 is 13.2 Å². The van der Waals surface area contributed by atoms with Crippen LogP contribution in [0.1, 0.15) is 38.2 Å². The van der Waals surface area contributed by atoms with E-state index in [0.29, 0.717) is 12.2 Å². The molecule has 0 saturated carbocycles. The number of halogens is 4. The van der Waals surface area contributed by atoms with Crippen molar-refractivity contribution in [3.05, 3.63) is 16.0 Å². The molecule has 108 valence electrons. The van der Waals surface area contributed by atoms with Crippen molar-refractivity contribution in [1.82, 2.24) is 9.97 Å². The Morgan fingerprint density at radius 3 is 2.42 bits per heavy atom. The van der Waals surface area contributed by atoms with E-state index in [0.717, 1.165) is 23.1 Å². The number of nitrogens with one attached hydrogen (secondary N) is 1. The minimum atomic E-state index is -4.18. The summed E-state index contributed by atoms with van der Waals surface area (Å²) in [6, 6.07) is 0. The van der Waals surface area contributed by atoms with Gasteiger partial charge in [0, 0.05) is 13.0 Å². The van der Waals surface area contributed by atoms with Crippen LogP contribution >= 0.6 is 15.9 Å². The second-order valence-electron chi connectivity index (χ2n) is 4.14. The lowest BCUT2D eigenvalue weighted by Crippen LogP contribution is -2.13. The zero-order valence-electron chi connectivity index (χ0n) is 10.9. The molecule has 0 spiro atoms. The Labute approximate surface area is 119 Å². The molecule has 1 aromatic rings. The van der Waals surface area contributed by atoms with Gasteiger partial charge < -0.3 is 5.32 Å². The third-order valence-corrected chi connectivity index (χ3v) is 3.31. The van der Waals surface area contributed by atoms with Gasteiger partial charge in [-0.15, -0.1) is 0 Å². The van der Waals surface area contributed by atoms with E-state index in [1.165, 1.54) is 0 Å². The van der Waals surface area contributed by atoms with Crippen LogP contribution in [0, 0.1) is 0 Å². The van der Waals surface area contributed by atoms with Gasteiger partial charge in [0.2, 0.25) is 0 Å². The number of nitrogens with zero attached hydrogens (tertiary/aromatic N) is 2. The Morgan fingerprint density at radius 2 is 1.89 bits per heavy atom. The van der Waals surface area contributed by atoms with Crippen LogP contribution in [0.25, 0.3) is 0 Å². The highest BCUT2D eigenvalue weighted by molar-refractivity contribution is 9.10. The van der Waals surface area contributed by atoms with Crippen LogP contribution in [0.15, 0.2) is 4.47 Å². The van der Waals surface area contributed by atoms with Crippen LogP contribution in [0.2, 0.25) is 0 Å². The van der Waals surface area contributed by atoms with Crippen LogP contribution < -0.4 is 5.32 Å². The second kappa shape index (κ2) is 7.07. The van der Waals surface area contributed by atoms with Gasteiger partial charge in [-0.3, -0.25) is 0 Å². The average molecular weight is 340 g/mol. The Bertz CT molecular complexity index is 421. The van der Waals surface area contributed by atoms with Crippen molar-refractivity contribution in [2.24, 2.45) is 0 Å². The topological polar surface area (TPSA) is 37.8 Å². The molecule has 7 heteroatoms. The number of hydrogen-bond acceptors (Lipinski definition) is 3. The summed E-state index contributed by atoms with van der Waals surface area (Å²) in [6.07, 6.45) is -3.71. The molecule has 0 aliphatic rings. The molecule has 1 rings (SSSR count). The van der Waals surface area contributed by atoms with Gasteiger partial charge in [0.1, 0.15) is 11.6 Å². The summed E-state index contributed by atoms with van der Waals surface area (Å²) in [5, 5.41) is 3.10. The predicted octanol–water partition coefficient (Wildman–Crippen LogP) is 4.12. The third-order valence-electron chi connectivity index (χ3n) is 2.48. The summed E-state index contributed by atoms with van der Waals surface area (Å²) in [5.74, 6) is 0.807. The SMILES string of the molecule is CCCNc1nc(CCC(F)(F)F)nc(CC)c1Br. The normalized spacial score (nSPS) is 11.7. The van der Waals surface area contributed by atoms with Gasteiger partial charge in [-0.05, 0) is 28.8 Å². The Morgan fingerprint density at radius 1 is 1.21 bits per heavy atom. The smallest absolute Gasteiger partial charge is 0.369 e. The Balaban J connectivity index is 2.92. The van der Waals surface area contributed by atoms with E-state index in [1.54, 1.807) is 0 Å². The maximum absolute atomic E-state index is 12.2. The van der Waals surface area contributed by atoms with Crippen LogP contribution in [0.3, 0.4) is 0 Å². The van der Waals surface area contributed by atoms with Gasteiger partial charge in [0.15, 0.2) is 0 Å². The fourth-order valence-corrected chi connectivity index (χ4v) is 2.10. The number of rotatable bonds is 6. The molecule has 0 atom stereocenters. The zero-order chi connectivity index (χ0) is 14.5. The maximum Gasteiger partial charge on any atom is 0.389 e. The molecule has 0 fully saturated rings. The molecule has 19 heavy (non-hydrogen) atoms. The first-order chi connectivity index (χ1) is 8.87. The molecule has 0 aliphatic carbocycles. The lowest BCUT2D eigenvalue weighted by atomic mass is 10.2. The first kappa shape index (κ1) is 16.2. The molecule has 0 aromatic carbocycles. The monoisotopic (exact) mass is 339 g/mol. The van der Waals surface area contributed by atoms with Crippen LogP contribution in [-0.4, -0.2) is 22.7 Å². The Kier molecular flexibility index (Phi) is 6.03. The van der Waals surface area contributed by atoms with E-state index >= 15 is 0 Å². The molecule has 1 heterocycles. The molecule has 0 bridgehead atoms. The van der Waals surface area contributed by atoms with Crippen LogP contribution in [0.4, 0.5) is 19.0 Å². The number of aryl methyl sites for hydroxylation is 2. The quantitative estimate of drug-likeness (QED) is 0.847. The minimum Gasteiger partial charge on any atom is -0.369 e. The second-order valence-corrected chi connectivity index (χ2v) is 4.94. The highest BCUT2D eigenvalue weighted by Crippen LogP contribution is 2.26. The molecular formula is C12H17BrF3N3. The fraction of sp³-hybridized carbons (Fsp3) is 0.667. The summed E-state index contributed by atoms with van der Waals surface area (Å²) in [7, 11) is 0. The predicted molar refractivity (Wildman–Crippen MR) is 72.3 cm³/mol. The van der Waals surface area contributed by atoms with Crippen molar-refractivity contribution in [2.45, 2.75) is 45.7 Å². The van der Waals surface area contributed by atoms with Crippen LogP contribution in [0.5, 0.6) is 0 Å². The molecule has 0 saturated heterocycles. The molecular weight excluding hydrogens is 323 g/mol. The fourth-order valence-electron chi connectivity index (χ4n) is 1.50. The van der Waals surface area contributed by atoms with Crippen molar-refractivity contribution in [3.8, 4) is 0 Å². The molecule has 0 radical (unpaired) electrons. The summed E-state index contributed by atoms with van der Waals surface area (Å²) in [6.45, 7) is 4.63. The van der Waals surface area contributed by atoms with Crippen molar-refractivity contribution in [2.75, 3.05) is 11.9 Å². The number of alkyl halides is 3. The first-order valence-corrected chi connectivity index (χ1v) is 7.02. The third kappa shape index (κ3) is 5.34. The molecule has 0 amide bonds. The van der Waals surface area contributed by atoms with Crippen LogP contribution in [-0.2, 0) is 12.8 Å². The number of aromatic nitrogens is 2. The van der Waals surface area contributed by atoms with Gasteiger partial charge in [-0.1, -0.05) is 13.8 Å². The van der Waals surface area contributed by atoms with Gasteiger partial charge in [0.05, 0.1) is 16.6 Å². The van der Waals surface area contributed by atoms with E-state index in [9.17, 15) is 13.2 Å². The van der Waals surface area contributed by atoms with Crippen molar-refractivity contribution in [3.63, 3.8) is 0 Å². The van der Waals surface area contributed by atoms with Gasteiger partial charge in [-0.25, -0.2) is 9.97 Å². The summed E-state index contributed by atoms with van der Waals surface area (Å²) in [4.78, 5) is 8.32. The first-order valence-electron chi connectivity index (χ1n) is 6.23. The maximum atomic E-state index is 12.2.